The number of hydrogen-bond acceptors (Lipinski definition) is 5. The molecule has 1 unspecified atom stereocenters. The predicted octanol–water partition coefficient (Wildman–Crippen LogP) is 1.66. The van der Waals surface area contributed by atoms with Gasteiger partial charge in [0.25, 0.3) is 5.91 Å². The van der Waals surface area contributed by atoms with E-state index in [1.165, 1.54) is 12.0 Å². The first kappa shape index (κ1) is 14.1. The second-order valence-electron chi connectivity index (χ2n) is 4.42. The molecule has 0 bridgehead atoms. The number of likely N-dealkylation sites (N-methyl/N-ethyl adjacent to an activating group) is 1. The highest BCUT2D eigenvalue weighted by atomic mass is 33.1. The summed E-state index contributed by atoms with van der Waals surface area (Å²) in [4.78, 5) is 26.4. The maximum Gasteiger partial charge on any atom is 0.344 e. The van der Waals surface area contributed by atoms with E-state index in [4.69, 9.17) is 0 Å². The molecule has 7 heteroatoms. The van der Waals surface area contributed by atoms with Gasteiger partial charge in [-0.3, -0.25) is 4.79 Å². The quantitative estimate of drug-likeness (QED) is 0.471. The summed E-state index contributed by atoms with van der Waals surface area (Å²) in [6, 6.07) is 9.20. The number of rotatable bonds is 2. The van der Waals surface area contributed by atoms with Gasteiger partial charge in [-0.05, 0) is 16.4 Å². The molecule has 1 aromatic rings. The number of ether oxygens (including phenoxy) is 1. The van der Waals surface area contributed by atoms with Gasteiger partial charge in [0.2, 0.25) is 0 Å². The number of benzene rings is 1. The zero-order valence-corrected chi connectivity index (χ0v) is 12.9. The Bertz CT molecular complexity index is 737. The smallest absolute Gasteiger partial charge is 0.344 e. The molecule has 0 N–H and O–H groups in total. The number of carbonyl (C=O) groups is 2. The molecule has 0 aliphatic carbocycles. The van der Waals surface area contributed by atoms with Gasteiger partial charge in [0, 0.05) is 7.05 Å². The van der Waals surface area contributed by atoms with Crippen LogP contribution in [-0.2, 0) is 24.2 Å². The average Bonchev–Trinajstić information content (AvgIpc) is 2.94. The number of amides is 1. The lowest BCUT2D eigenvalue weighted by Gasteiger charge is -2.13. The van der Waals surface area contributed by atoms with Crippen molar-refractivity contribution < 1.29 is 18.5 Å². The van der Waals surface area contributed by atoms with Gasteiger partial charge in [0.05, 0.1) is 22.6 Å². The number of hydrogen-bond donors (Lipinski definition) is 0. The van der Waals surface area contributed by atoms with Crippen LogP contribution in [0.3, 0.4) is 0 Å². The minimum Gasteiger partial charge on any atom is -0.465 e. The molecular formula is C14H11NO4S2. The lowest BCUT2D eigenvalue weighted by Crippen LogP contribution is -2.24. The van der Waals surface area contributed by atoms with Crippen LogP contribution in [0.1, 0.15) is 5.56 Å². The van der Waals surface area contributed by atoms with Crippen molar-refractivity contribution in [1.29, 1.82) is 0 Å². The normalized spacial score (nSPS) is 21.1. The van der Waals surface area contributed by atoms with Crippen molar-refractivity contribution in [3.8, 4) is 0 Å². The number of fused-ring (bicyclic) bond motifs is 1. The molecule has 1 atom stereocenters. The third-order valence-electron chi connectivity index (χ3n) is 3.26. The Hall–Kier alpha value is -1.86. The van der Waals surface area contributed by atoms with Crippen molar-refractivity contribution in [2.45, 2.75) is 0 Å². The predicted molar refractivity (Wildman–Crippen MR) is 80.9 cm³/mol. The number of nitrogens with zero attached hydrogens (tertiary/aromatic N) is 1. The average molecular weight is 321 g/mol. The second kappa shape index (κ2) is 5.16. The van der Waals surface area contributed by atoms with Gasteiger partial charge in [0.1, 0.15) is 15.4 Å². The van der Waals surface area contributed by atoms with E-state index in [1.807, 2.05) is 30.3 Å². The van der Waals surface area contributed by atoms with Crippen LogP contribution in [0.5, 0.6) is 0 Å². The lowest BCUT2D eigenvalue weighted by molar-refractivity contribution is -0.138. The van der Waals surface area contributed by atoms with Crippen molar-refractivity contribution in [1.82, 2.24) is 4.90 Å². The van der Waals surface area contributed by atoms with Crippen molar-refractivity contribution in [2.24, 2.45) is 0 Å². The summed E-state index contributed by atoms with van der Waals surface area (Å²) >= 11 is 0. The number of methoxy groups -OCH3 is 1. The summed E-state index contributed by atoms with van der Waals surface area (Å²) in [6.07, 6.45) is 0. The Labute approximate surface area is 127 Å². The summed E-state index contributed by atoms with van der Waals surface area (Å²) in [5, 5.41) is 0. The maximum absolute atomic E-state index is 12.4. The topological polar surface area (TPSA) is 63.7 Å². The molecular weight excluding hydrogens is 310 g/mol. The van der Waals surface area contributed by atoms with Crippen molar-refractivity contribution in [3.05, 3.63) is 52.1 Å². The van der Waals surface area contributed by atoms with Crippen molar-refractivity contribution >= 4 is 37.4 Å². The summed E-state index contributed by atoms with van der Waals surface area (Å²) in [6.45, 7) is 0. The molecule has 21 heavy (non-hydrogen) atoms. The molecule has 1 amide bonds. The van der Waals surface area contributed by atoms with Gasteiger partial charge in [0.15, 0.2) is 0 Å². The summed E-state index contributed by atoms with van der Waals surface area (Å²) < 4.78 is 17.0. The third-order valence-corrected chi connectivity index (χ3v) is 6.19. The first-order valence-corrected chi connectivity index (χ1v) is 8.55. The van der Waals surface area contributed by atoms with Crippen LogP contribution < -0.4 is 0 Å². The fourth-order valence-electron chi connectivity index (χ4n) is 2.27. The molecule has 5 nitrogen and oxygen atoms in total. The zero-order chi connectivity index (χ0) is 15.1. The molecule has 0 saturated heterocycles. The van der Waals surface area contributed by atoms with Crippen molar-refractivity contribution in [3.63, 3.8) is 0 Å². The van der Waals surface area contributed by atoms with Crippen LogP contribution in [0.15, 0.2) is 46.5 Å². The molecule has 0 spiro atoms. The van der Waals surface area contributed by atoms with E-state index < -0.39 is 21.7 Å². The molecule has 3 rings (SSSR count). The van der Waals surface area contributed by atoms with E-state index in [9.17, 15) is 13.8 Å². The van der Waals surface area contributed by atoms with Crippen LogP contribution in [-0.4, -0.2) is 35.1 Å². The van der Waals surface area contributed by atoms with E-state index in [-0.39, 0.29) is 5.57 Å². The zero-order valence-electron chi connectivity index (χ0n) is 11.3. The maximum atomic E-state index is 12.4. The van der Waals surface area contributed by atoms with Crippen LogP contribution in [0.2, 0.25) is 0 Å². The summed E-state index contributed by atoms with van der Waals surface area (Å²) in [7, 11) is 2.45. The minimum absolute atomic E-state index is 0.0423. The largest absolute Gasteiger partial charge is 0.465 e. The Balaban J connectivity index is 2.24. The monoisotopic (exact) mass is 321 g/mol. The van der Waals surface area contributed by atoms with E-state index in [2.05, 4.69) is 4.74 Å². The van der Waals surface area contributed by atoms with E-state index in [0.29, 0.717) is 15.5 Å². The SMILES string of the molecule is COC(=O)C1=C2SS(=O)C(c3ccccc3)=C2N(C)C1=O. The Morgan fingerprint density at radius 1 is 1.29 bits per heavy atom. The van der Waals surface area contributed by atoms with Crippen molar-refractivity contribution in [2.75, 3.05) is 14.2 Å². The van der Waals surface area contributed by atoms with Gasteiger partial charge >= 0.3 is 5.97 Å². The number of carbonyl (C=O) groups excluding carboxylic acids is 2. The highest BCUT2D eigenvalue weighted by Gasteiger charge is 2.45. The fourth-order valence-corrected chi connectivity index (χ4v) is 5.59. The fraction of sp³-hybridized carbons (Fsp3) is 0.143. The Morgan fingerprint density at radius 3 is 2.57 bits per heavy atom. The van der Waals surface area contributed by atoms with Gasteiger partial charge in [-0.25, -0.2) is 9.00 Å². The molecule has 0 saturated carbocycles. The Kier molecular flexibility index (Phi) is 3.46. The first-order chi connectivity index (χ1) is 10.1. The Morgan fingerprint density at radius 2 is 1.95 bits per heavy atom. The van der Waals surface area contributed by atoms with E-state index in [0.717, 1.165) is 16.4 Å². The van der Waals surface area contributed by atoms with Gasteiger partial charge in [-0.2, -0.15) is 0 Å². The molecule has 1 aromatic carbocycles. The molecule has 0 aromatic heterocycles. The summed E-state index contributed by atoms with van der Waals surface area (Å²) in [5.74, 6) is -1.12. The van der Waals surface area contributed by atoms with Gasteiger partial charge in [-0.15, -0.1) is 0 Å². The number of esters is 1. The molecule has 108 valence electrons. The van der Waals surface area contributed by atoms with Crippen LogP contribution in [0, 0.1) is 0 Å². The van der Waals surface area contributed by atoms with Crippen LogP contribution in [0.25, 0.3) is 4.91 Å². The molecule has 0 fully saturated rings. The van der Waals surface area contributed by atoms with Crippen LogP contribution in [0.4, 0.5) is 0 Å². The molecule has 2 aliphatic rings. The molecule has 2 aliphatic heterocycles. The first-order valence-electron chi connectivity index (χ1n) is 6.07. The highest BCUT2D eigenvalue weighted by molar-refractivity contribution is 8.74. The summed E-state index contributed by atoms with van der Waals surface area (Å²) in [5.41, 5.74) is 1.27. The van der Waals surface area contributed by atoms with E-state index in [1.54, 1.807) is 7.05 Å². The third kappa shape index (κ3) is 2.04. The van der Waals surface area contributed by atoms with Crippen LogP contribution >= 0.6 is 10.8 Å². The highest BCUT2D eigenvalue weighted by Crippen LogP contribution is 2.51. The van der Waals surface area contributed by atoms with Gasteiger partial charge in [-0.1, -0.05) is 30.3 Å². The second-order valence-corrected chi connectivity index (χ2v) is 7.28. The van der Waals surface area contributed by atoms with Gasteiger partial charge < -0.3 is 9.64 Å². The minimum atomic E-state index is -1.36. The lowest BCUT2D eigenvalue weighted by atomic mass is 10.1. The molecule has 2 heterocycles. The van der Waals surface area contributed by atoms with E-state index >= 15 is 0 Å². The molecule has 0 radical (unpaired) electrons. The standard InChI is InChI=1S/C14H11NO4S2/c1-15-10-11(9(13(15)16)14(17)19-2)20-21(18)12(10)8-6-4-3-5-7-8/h3-7H,1-2H3.